The highest BCUT2D eigenvalue weighted by atomic mass is 127. The summed E-state index contributed by atoms with van der Waals surface area (Å²) in [5, 5.41) is 1.28. The molecule has 0 aliphatic carbocycles. The summed E-state index contributed by atoms with van der Waals surface area (Å²) in [6.45, 7) is 2.16. The molecule has 0 saturated heterocycles. The van der Waals surface area contributed by atoms with E-state index in [-0.39, 0.29) is 24.0 Å². The maximum absolute atomic E-state index is 2.26. The predicted molar refractivity (Wildman–Crippen MR) is 99.6 cm³/mol. The van der Waals surface area contributed by atoms with Crippen molar-refractivity contribution < 1.29 is 28.5 Å². The minimum absolute atomic E-state index is 0. The van der Waals surface area contributed by atoms with Crippen molar-refractivity contribution >= 4 is 28.7 Å². The SMILES string of the molecule is Cc1cccc2ccc(/C=C/c3ccc(N(C)C)cc3)[n+](C)c12.[I-]. The topological polar surface area (TPSA) is 7.12 Å². The van der Waals surface area contributed by atoms with Crippen LogP contribution in [-0.2, 0) is 7.05 Å². The van der Waals surface area contributed by atoms with Gasteiger partial charge in [-0.2, -0.15) is 4.57 Å². The van der Waals surface area contributed by atoms with E-state index < -0.39 is 0 Å². The van der Waals surface area contributed by atoms with E-state index in [1.807, 2.05) is 0 Å². The molecule has 0 bridgehead atoms. The molecule has 24 heavy (non-hydrogen) atoms. The number of para-hydroxylation sites is 1. The van der Waals surface area contributed by atoms with E-state index in [0.29, 0.717) is 0 Å². The quantitative estimate of drug-likeness (QED) is 0.448. The Balaban J connectivity index is 0.00000208. The number of anilines is 1. The van der Waals surface area contributed by atoms with Crippen molar-refractivity contribution in [2.75, 3.05) is 19.0 Å². The van der Waals surface area contributed by atoms with Crippen LogP contribution < -0.4 is 33.4 Å². The zero-order valence-corrected chi connectivity index (χ0v) is 16.8. The third kappa shape index (κ3) is 3.78. The van der Waals surface area contributed by atoms with Crippen molar-refractivity contribution in [3.8, 4) is 0 Å². The maximum Gasteiger partial charge on any atom is 0.215 e. The van der Waals surface area contributed by atoms with E-state index in [4.69, 9.17) is 0 Å². The van der Waals surface area contributed by atoms with Gasteiger partial charge in [0.2, 0.25) is 11.2 Å². The predicted octanol–water partition coefficient (Wildman–Crippen LogP) is 1.21. The number of aromatic nitrogens is 1. The summed E-state index contributed by atoms with van der Waals surface area (Å²) >= 11 is 0. The first-order valence-electron chi connectivity index (χ1n) is 7.90. The van der Waals surface area contributed by atoms with Gasteiger partial charge in [-0.1, -0.05) is 24.3 Å². The van der Waals surface area contributed by atoms with Gasteiger partial charge in [0.1, 0.15) is 7.05 Å². The molecule has 3 heteroatoms. The highest BCUT2D eigenvalue weighted by Crippen LogP contribution is 2.17. The molecule has 3 rings (SSSR count). The fourth-order valence-electron chi connectivity index (χ4n) is 2.92. The molecule has 0 N–H and O–H groups in total. The molecule has 0 spiro atoms. The monoisotopic (exact) mass is 430 g/mol. The van der Waals surface area contributed by atoms with Crippen LogP contribution >= 0.6 is 0 Å². The molecule has 0 atom stereocenters. The number of benzene rings is 2. The van der Waals surface area contributed by atoms with Crippen LogP contribution in [0, 0.1) is 6.92 Å². The van der Waals surface area contributed by atoms with Crippen LogP contribution in [0.1, 0.15) is 16.8 Å². The minimum Gasteiger partial charge on any atom is -1.00 e. The highest BCUT2D eigenvalue weighted by Gasteiger charge is 2.11. The number of halogens is 1. The largest absolute Gasteiger partial charge is 1.00 e. The molecule has 3 aromatic rings. The second-order valence-electron chi connectivity index (χ2n) is 6.15. The van der Waals surface area contributed by atoms with Gasteiger partial charge in [-0.15, -0.1) is 0 Å². The van der Waals surface area contributed by atoms with E-state index in [1.165, 1.54) is 33.4 Å². The Morgan fingerprint density at radius 3 is 2.25 bits per heavy atom. The Bertz CT molecular complexity index is 865. The molecule has 0 fully saturated rings. The van der Waals surface area contributed by atoms with Crippen molar-refractivity contribution in [3.63, 3.8) is 0 Å². The Labute approximate surface area is 161 Å². The first kappa shape index (κ1) is 18.5. The van der Waals surface area contributed by atoms with Crippen molar-refractivity contribution in [1.29, 1.82) is 0 Å². The Kier molecular flexibility index (Phi) is 5.99. The average Bonchev–Trinajstić information content (AvgIpc) is 2.54. The Morgan fingerprint density at radius 2 is 1.58 bits per heavy atom. The van der Waals surface area contributed by atoms with Crippen molar-refractivity contribution in [2.24, 2.45) is 7.05 Å². The maximum atomic E-state index is 2.26. The summed E-state index contributed by atoms with van der Waals surface area (Å²) in [6, 6.07) is 19.4. The number of aryl methyl sites for hydroxylation is 2. The van der Waals surface area contributed by atoms with Crippen molar-refractivity contribution in [2.45, 2.75) is 6.92 Å². The number of hydrogen-bond donors (Lipinski definition) is 0. The number of nitrogens with zero attached hydrogens (tertiary/aromatic N) is 2. The standard InChI is InChI=1S/C21H23N2.HI/c1-16-6-5-7-18-11-15-20(23(4)21(16)18)14-10-17-8-12-19(13-9-17)22(2)3;/h5-15H,1-4H3;1H/q+1;/p-1. The molecule has 0 amide bonds. The Morgan fingerprint density at radius 1 is 0.875 bits per heavy atom. The van der Waals surface area contributed by atoms with Crippen LogP contribution in [0.5, 0.6) is 0 Å². The third-order valence-corrected chi connectivity index (χ3v) is 4.28. The van der Waals surface area contributed by atoms with Crippen molar-refractivity contribution in [1.82, 2.24) is 0 Å². The first-order valence-corrected chi connectivity index (χ1v) is 7.90. The van der Waals surface area contributed by atoms with Crippen LogP contribution in [0.3, 0.4) is 0 Å². The molecule has 0 saturated carbocycles. The molecule has 0 radical (unpaired) electrons. The van der Waals surface area contributed by atoms with Crippen molar-refractivity contribution in [3.05, 3.63) is 71.4 Å². The van der Waals surface area contributed by atoms with E-state index in [0.717, 1.165) is 0 Å². The number of rotatable bonds is 3. The lowest BCUT2D eigenvalue weighted by Crippen LogP contribution is -3.00. The van der Waals surface area contributed by atoms with Crippen LogP contribution in [0.15, 0.2) is 54.6 Å². The van der Waals surface area contributed by atoms with Crippen LogP contribution in [0.25, 0.3) is 23.1 Å². The van der Waals surface area contributed by atoms with E-state index in [9.17, 15) is 0 Å². The van der Waals surface area contributed by atoms with Gasteiger partial charge < -0.3 is 28.9 Å². The van der Waals surface area contributed by atoms with Gasteiger partial charge in [0.15, 0.2) is 0 Å². The van der Waals surface area contributed by atoms with Gasteiger partial charge in [0, 0.05) is 42.9 Å². The second-order valence-corrected chi connectivity index (χ2v) is 6.15. The molecule has 1 heterocycles. The van der Waals surface area contributed by atoms with Gasteiger partial charge in [-0.3, -0.25) is 0 Å². The third-order valence-electron chi connectivity index (χ3n) is 4.28. The fourth-order valence-corrected chi connectivity index (χ4v) is 2.92. The van der Waals surface area contributed by atoms with E-state index in [1.54, 1.807) is 0 Å². The first-order chi connectivity index (χ1) is 11.1. The molecule has 0 unspecified atom stereocenters. The van der Waals surface area contributed by atoms with Gasteiger partial charge in [0.05, 0.1) is 0 Å². The highest BCUT2D eigenvalue weighted by molar-refractivity contribution is 5.80. The average molecular weight is 430 g/mol. The van der Waals surface area contributed by atoms with Crippen LogP contribution in [0.2, 0.25) is 0 Å². The Hall–Kier alpha value is -1.88. The minimum atomic E-state index is 0. The van der Waals surface area contributed by atoms with Gasteiger partial charge in [-0.05, 0) is 42.8 Å². The number of pyridine rings is 1. The van der Waals surface area contributed by atoms with Crippen LogP contribution in [-0.4, -0.2) is 14.1 Å². The molecule has 124 valence electrons. The lowest BCUT2D eigenvalue weighted by Gasteiger charge is -2.11. The summed E-state index contributed by atoms with van der Waals surface area (Å²) in [6.07, 6.45) is 4.34. The van der Waals surface area contributed by atoms with Gasteiger partial charge >= 0.3 is 0 Å². The summed E-state index contributed by atoms with van der Waals surface area (Å²) in [7, 11) is 6.24. The molecule has 2 aromatic carbocycles. The normalized spacial score (nSPS) is 10.8. The molecule has 1 aromatic heterocycles. The smallest absolute Gasteiger partial charge is 0.215 e. The lowest BCUT2D eigenvalue weighted by atomic mass is 10.1. The molecule has 0 aliphatic heterocycles. The second kappa shape index (κ2) is 7.79. The van der Waals surface area contributed by atoms with Crippen LogP contribution in [0.4, 0.5) is 5.69 Å². The van der Waals surface area contributed by atoms with E-state index in [2.05, 4.69) is 104 Å². The summed E-state index contributed by atoms with van der Waals surface area (Å²) in [5.41, 5.74) is 6.21. The number of hydrogen-bond acceptors (Lipinski definition) is 1. The lowest BCUT2D eigenvalue weighted by molar-refractivity contribution is -0.646. The summed E-state index contributed by atoms with van der Waals surface area (Å²) in [5.74, 6) is 0. The number of fused-ring (bicyclic) bond motifs is 1. The summed E-state index contributed by atoms with van der Waals surface area (Å²) < 4.78 is 2.26. The molecular formula is C21H23IN2. The molecule has 0 aliphatic rings. The zero-order valence-electron chi connectivity index (χ0n) is 14.6. The zero-order chi connectivity index (χ0) is 16.4. The van der Waals surface area contributed by atoms with Gasteiger partial charge in [0.25, 0.3) is 0 Å². The summed E-state index contributed by atoms with van der Waals surface area (Å²) in [4.78, 5) is 2.11. The van der Waals surface area contributed by atoms with E-state index >= 15 is 0 Å². The van der Waals surface area contributed by atoms with Gasteiger partial charge in [-0.25, -0.2) is 0 Å². The molecule has 2 nitrogen and oxygen atoms in total. The fraction of sp³-hybridized carbons (Fsp3) is 0.190. The molecular weight excluding hydrogens is 407 g/mol.